The number of aryl methyl sites for hydroxylation is 1. The predicted molar refractivity (Wildman–Crippen MR) is 61.2 cm³/mol. The molecule has 8 heteroatoms. The molecule has 19 heavy (non-hydrogen) atoms. The first-order valence-corrected chi connectivity index (χ1v) is 5.92. The van der Waals surface area contributed by atoms with Crippen LogP contribution in [0.2, 0.25) is 0 Å². The minimum Gasteiger partial charge on any atom is -0.336 e. The van der Waals surface area contributed by atoms with E-state index in [-0.39, 0.29) is 6.54 Å². The van der Waals surface area contributed by atoms with Crippen LogP contribution in [0.25, 0.3) is 0 Å². The van der Waals surface area contributed by atoms with Crippen molar-refractivity contribution in [2.75, 3.05) is 19.6 Å². The molecule has 1 aromatic heterocycles. The van der Waals surface area contributed by atoms with E-state index in [9.17, 15) is 18.0 Å². The van der Waals surface area contributed by atoms with Crippen LogP contribution in [-0.2, 0) is 11.8 Å². The average molecular weight is 276 g/mol. The van der Waals surface area contributed by atoms with Crippen LogP contribution in [0.3, 0.4) is 0 Å². The van der Waals surface area contributed by atoms with Gasteiger partial charge in [-0.2, -0.15) is 13.2 Å². The van der Waals surface area contributed by atoms with Crippen LogP contribution in [0.5, 0.6) is 0 Å². The number of aromatic nitrogens is 2. The van der Waals surface area contributed by atoms with E-state index in [1.165, 1.54) is 4.90 Å². The molecule has 1 aliphatic heterocycles. The number of nitrogens with one attached hydrogen (secondary N) is 1. The van der Waals surface area contributed by atoms with Crippen LogP contribution in [0.15, 0.2) is 12.4 Å². The van der Waals surface area contributed by atoms with Gasteiger partial charge in [0.1, 0.15) is 18.3 Å². The Balaban J connectivity index is 2.17. The predicted octanol–water partition coefficient (Wildman–Crippen LogP) is 0.845. The highest BCUT2D eigenvalue weighted by molar-refractivity contribution is 5.77. The van der Waals surface area contributed by atoms with Crippen molar-refractivity contribution >= 4 is 5.91 Å². The number of hydrogen-bond acceptors (Lipinski definition) is 3. The third-order valence-corrected chi connectivity index (χ3v) is 3.07. The van der Waals surface area contributed by atoms with E-state index in [2.05, 4.69) is 10.3 Å². The quantitative estimate of drug-likeness (QED) is 0.871. The average Bonchev–Trinajstić information content (AvgIpc) is 2.73. The maximum absolute atomic E-state index is 12.3. The van der Waals surface area contributed by atoms with Gasteiger partial charge in [-0.05, 0) is 0 Å². The third-order valence-electron chi connectivity index (χ3n) is 3.07. The molecule has 1 atom stereocenters. The molecule has 2 heterocycles. The number of alkyl halides is 3. The molecule has 1 aromatic rings. The molecule has 2 rings (SSSR count). The monoisotopic (exact) mass is 276 g/mol. The molecule has 0 bridgehead atoms. The summed E-state index contributed by atoms with van der Waals surface area (Å²) >= 11 is 0. The van der Waals surface area contributed by atoms with Crippen LogP contribution in [0.1, 0.15) is 18.3 Å². The number of piperazine rings is 1. The minimum atomic E-state index is -4.48. The Morgan fingerprint density at radius 1 is 1.58 bits per heavy atom. The lowest BCUT2D eigenvalue weighted by Gasteiger charge is -2.36. The molecule has 1 aliphatic rings. The Morgan fingerprint density at radius 3 is 2.89 bits per heavy atom. The molecule has 0 radical (unpaired) electrons. The lowest BCUT2D eigenvalue weighted by molar-refractivity contribution is -0.164. The van der Waals surface area contributed by atoms with Crippen molar-refractivity contribution in [3.63, 3.8) is 0 Å². The normalized spacial score (nSPS) is 20.6. The van der Waals surface area contributed by atoms with E-state index in [1.54, 1.807) is 24.0 Å². The van der Waals surface area contributed by atoms with E-state index in [0.29, 0.717) is 18.9 Å². The van der Waals surface area contributed by atoms with E-state index in [1.807, 2.05) is 0 Å². The van der Waals surface area contributed by atoms with Gasteiger partial charge in [0.2, 0.25) is 5.91 Å². The zero-order valence-electron chi connectivity index (χ0n) is 10.4. The Hall–Kier alpha value is -1.57. The minimum absolute atomic E-state index is 0.256. The molecule has 0 spiro atoms. The molecule has 1 amide bonds. The van der Waals surface area contributed by atoms with Crippen molar-refractivity contribution in [1.29, 1.82) is 0 Å². The van der Waals surface area contributed by atoms with Crippen molar-refractivity contribution in [3.8, 4) is 0 Å². The zero-order chi connectivity index (χ0) is 14.0. The molecule has 1 fully saturated rings. The SMILES string of the molecule is Cn1ccnc1C1CNCCN1C(=O)CC(F)(F)F. The number of nitrogens with zero attached hydrogens (tertiary/aromatic N) is 3. The summed E-state index contributed by atoms with van der Waals surface area (Å²) in [5.74, 6) is -0.315. The van der Waals surface area contributed by atoms with Crippen LogP contribution in [-0.4, -0.2) is 46.2 Å². The molecule has 0 aliphatic carbocycles. The maximum atomic E-state index is 12.3. The summed E-state index contributed by atoms with van der Waals surface area (Å²) in [6.45, 7) is 1.16. The van der Waals surface area contributed by atoms with E-state index in [4.69, 9.17) is 0 Å². The number of rotatable bonds is 2. The highest BCUT2D eigenvalue weighted by Crippen LogP contribution is 2.26. The zero-order valence-corrected chi connectivity index (χ0v) is 10.4. The number of halogens is 3. The summed E-state index contributed by atoms with van der Waals surface area (Å²) in [4.78, 5) is 17.1. The highest BCUT2D eigenvalue weighted by Gasteiger charge is 2.37. The number of carbonyl (C=O) groups is 1. The van der Waals surface area contributed by atoms with Crippen LogP contribution in [0.4, 0.5) is 13.2 Å². The van der Waals surface area contributed by atoms with Crippen molar-refractivity contribution in [2.24, 2.45) is 7.05 Å². The second-order valence-corrected chi connectivity index (χ2v) is 4.50. The summed E-state index contributed by atoms with van der Waals surface area (Å²) in [5, 5.41) is 3.07. The molecular weight excluding hydrogens is 261 g/mol. The van der Waals surface area contributed by atoms with E-state index in [0.717, 1.165) is 0 Å². The Morgan fingerprint density at radius 2 is 2.32 bits per heavy atom. The van der Waals surface area contributed by atoms with Gasteiger partial charge in [-0.3, -0.25) is 4.79 Å². The van der Waals surface area contributed by atoms with Gasteiger partial charge in [0.05, 0.1) is 0 Å². The van der Waals surface area contributed by atoms with E-state index >= 15 is 0 Å². The van der Waals surface area contributed by atoms with Gasteiger partial charge < -0.3 is 14.8 Å². The van der Waals surface area contributed by atoms with Crippen LogP contribution < -0.4 is 5.32 Å². The Labute approximate surface area is 108 Å². The summed E-state index contributed by atoms with van der Waals surface area (Å²) in [6.07, 6.45) is -2.63. The largest absolute Gasteiger partial charge is 0.397 e. The molecule has 1 saturated heterocycles. The smallest absolute Gasteiger partial charge is 0.336 e. The van der Waals surface area contributed by atoms with Gasteiger partial charge in [0, 0.05) is 39.1 Å². The van der Waals surface area contributed by atoms with Crippen molar-refractivity contribution in [2.45, 2.75) is 18.6 Å². The summed E-state index contributed by atoms with van der Waals surface area (Å²) in [6, 6.07) is -0.455. The molecule has 5 nitrogen and oxygen atoms in total. The molecular formula is C11H15F3N4O. The Bertz CT molecular complexity index is 457. The lowest BCUT2D eigenvalue weighted by atomic mass is 10.1. The maximum Gasteiger partial charge on any atom is 0.397 e. The fourth-order valence-corrected chi connectivity index (χ4v) is 2.20. The first kappa shape index (κ1) is 13.9. The molecule has 1 N–H and O–H groups in total. The summed E-state index contributed by atoms with van der Waals surface area (Å²) in [7, 11) is 1.75. The van der Waals surface area contributed by atoms with E-state index < -0.39 is 24.5 Å². The summed E-state index contributed by atoms with van der Waals surface area (Å²) in [5.41, 5.74) is 0. The van der Waals surface area contributed by atoms with Crippen LogP contribution in [0, 0.1) is 0 Å². The number of hydrogen-bond donors (Lipinski definition) is 1. The van der Waals surface area contributed by atoms with Crippen molar-refractivity contribution in [3.05, 3.63) is 18.2 Å². The van der Waals surface area contributed by atoms with Crippen molar-refractivity contribution in [1.82, 2.24) is 19.8 Å². The Kier molecular flexibility index (Phi) is 3.79. The first-order valence-electron chi connectivity index (χ1n) is 5.92. The summed E-state index contributed by atoms with van der Waals surface area (Å²) < 4.78 is 38.7. The van der Waals surface area contributed by atoms with Gasteiger partial charge in [0.25, 0.3) is 0 Å². The number of imidazole rings is 1. The van der Waals surface area contributed by atoms with Gasteiger partial charge in [-0.1, -0.05) is 0 Å². The van der Waals surface area contributed by atoms with Crippen LogP contribution >= 0.6 is 0 Å². The second-order valence-electron chi connectivity index (χ2n) is 4.50. The van der Waals surface area contributed by atoms with Gasteiger partial charge in [-0.25, -0.2) is 4.98 Å². The van der Waals surface area contributed by atoms with Gasteiger partial charge >= 0.3 is 6.18 Å². The number of carbonyl (C=O) groups excluding carboxylic acids is 1. The van der Waals surface area contributed by atoms with Gasteiger partial charge in [-0.15, -0.1) is 0 Å². The fourth-order valence-electron chi connectivity index (χ4n) is 2.20. The topological polar surface area (TPSA) is 50.2 Å². The fraction of sp³-hybridized carbons (Fsp3) is 0.636. The third kappa shape index (κ3) is 3.25. The lowest BCUT2D eigenvalue weighted by Crippen LogP contribution is -2.50. The molecule has 0 saturated carbocycles. The number of amides is 1. The van der Waals surface area contributed by atoms with Gasteiger partial charge in [0.15, 0.2) is 0 Å². The standard InChI is InChI=1S/C11H15F3N4O/c1-17-4-3-16-10(17)8-7-15-2-5-18(8)9(19)6-11(12,13)14/h3-4,8,15H,2,5-7H2,1H3. The molecule has 106 valence electrons. The highest BCUT2D eigenvalue weighted by atomic mass is 19.4. The van der Waals surface area contributed by atoms with Crippen molar-refractivity contribution < 1.29 is 18.0 Å². The first-order chi connectivity index (χ1) is 8.88. The molecule has 1 unspecified atom stereocenters. The molecule has 0 aromatic carbocycles. The second kappa shape index (κ2) is 5.20.